The van der Waals surface area contributed by atoms with Crippen LogP contribution in [-0.4, -0.2) is 20.2 Å². The molecular formula is C23H40O2Si. The molecule has 0 aromatic carbocycles. The van der Waals surface area contributed by atoms with Gasteiger partial charge in [0.05, 0.1) is 0 Å². The van der Waals surface area contributed by atoms with E-state index in [1.165, 1.54) is 12.8 Å². The van der Waals surface area contributed by atoms with Crippen LogP contribution in [0.1, 0.15) is 79.6 Å². The molecule has 26 heavy (non-hydrogen) atoms. The van der Waals surface area contributed by atoms with Crippen LogP contribution >= 0.6 is 0 Å². The maximum absolute atomic E-state index is 13.3. The van der Waals surface area contributed by atoms with E-state index in [0.717, 1.165) is 32.1 Å². The Balaban J connectivity index is 1.88. The molecule has 0 spiro atoms. The van der Waals surface area contributed by atoms with Gasteiger partial charge in [0.25, 0.3) is 0 Å². The second kappa shape index (κ2) is 6.88. The fraction of sp³-hybridized carbons (Fsp3) is 0.870. The van der Waals surface area contributed by atoms with Crippen LogP contribution < -0.4 is 0 Å². The molecular weight excluding hydrogens is 336 g/mol. The molecule has 0 amide bonds. The summed E-state index contributed by atoms with van der Waals surface area (Å²) >= 11 is 0. The van der Waals surface area contributed by atoms with E-state index >= 15 is 0 Å². The van der Waals surface area contributed by atoms with Crippen LogP contribution in [0.2, 0.25) is 18.1 Å². The molecule has 0 N–H and O–H groups in total. The van der Waals surface area contributed by atoms with Gasteiger partial charge in [0.1, 0.15) is 5.78 Å². The Kier molecular flexibility index (Phi) is 5.38. The molecule has 2 bridgehead atoms. The van der Waals surface area contributed by atoms with Crippen molar-refractivity contribution in [2.75, 3.05) is 0 Å². The van der Waals surface area contributed by atoms with Crippen LogP contribution in [-0.2, 0) is 9.22 Å². The predicted octanol–water partition coefficient (Wildman–Crippen LogP) is 6.52. The summed E-state index contributed by atoms with van der Waals surface area (Å²) in [5.74, 6) is 1.70. The first-order valence-corrected chi connectivity index (χ1v) is 13.7. The van der Waals surface area contributed by atoms with Crippen molar-refractivity contribution in [3.05, 3.63) is 11.6 Å². The first-order valence-electron chi connectivity index (χ1n) is 10.8. The number of rotatable bonds is 2. The molecule has 148 valence electrons. The Morgan fingerprint density at radius 3 is 2.50 bits per heavy atom. The molecule has 2 fully saturated rings. The molecule has 0 aromatic rings. The van der Waals surface area contributed by atoms with E-state index in [1.54, 1.807) is 5.57 Å². The molecule has 0 saturated heterocycles. The first-order chi connectivity index (χ1) is 11.9. The number of ketones is 1. The summed E-state index contributed by atoms with van der Waals surface area (Å²) in [5.41, 5.74) is 1.81. The molecule has 0 heterocycles. The number of allylic oxidation sites excluding steroid dienone is 2. The van der Waals surface area contributed by atoms with Crippen LogP contribution in [0.4, 0.5) is 0 Å². The van der Waals surface area contributed by atoms with Gasteiger partial charge in [-0.15, -0.1) is 0 Å². The maximum atomic E-state index is 13.3. The molecule has 4 atom stereocenters. The Bertz CT molecular complexity index is 582. The Morgan fingerprint density at radius 1 is 1.15 bits per heavy atom. The zero-order valence-electron chi connectivity index (χ0n) is 18.2. The third kappa shape index (κ3) is 3.63. The third-order valence-corrected chi connectivity index (χ3v) is 12.9. The predicted molar refractivity (Wildman–Crippen MR) is 112 cm³/mol. The fourth-order valence-corrected chi connectivity index (χ4v) is 6.72. The van der Waals surface area contributed by atoms with Crippen molar-refractivity contribution in [1.82, 2.24) is 0 Å². The van der Waals surface area contributed by atoms with E-state index in [2.05, 4.69) is 53.8 Å². The highest BCUT2D eigenvalue weighted by molar-refractivity contribution is 6.74. The lowest BCUT2D eigenvalue weighted by molar-refractivity contribution is -0.129. The summed E-state index contributed by atoms with van der Waals surface area (Å²) < 4.78 is 6.89. The van der Waals surface area contributed by atoms with Crippen LogP contribution in [0.15, 0.2) is 11.6 Å². The topological polar surface area (TPSA) is 26.3 Å². The van der Waals surface area contributed by atoms with Gasteiger partial charge >= 0.3 is 0 Å². The van der Waals surface area contributed by atoms with Gasteiger partial charge in [-0.2, -0.15) is 0 Å². The van der Waals surface area contributed by atoms with Crippen LogP contribution in [0.25, 0.3) is 0 Å². The van der Waals surface area contributed by atoms with Crippen LogP contribution in [0.3, 0.4) is 0 Å². The summed E-state index contributed by atoms with van der Waals surface area (Å²) in [6.45, 7) is 16.4. The number of carbonyl (C=O) groups excluding carboxylic acids is 1. The number of fused-ring (bicyclic) bond motifs is 3. The van der Waals surface area contributed by atoms with E-state index in [1.807, 2.05) is 0 Å². The molecule has 0 unspecified atom stereocenters. The van der Waals surface area contributed by atoms with Crippen molar-refractivity contribution in [2.45, 2.75) is 104 Å². The Labute approximate surface area is 162 Å². The summed E-state index contributed by atoms with van der Waals surface area (Å²) in [6, 6.07) is 0. The van der Waals surface area contributed by atoms with Crippen molar-refractivity contribution >= 4 is 14.1 Å². The van der Waals surface area contributed by atoms with E-state index in [0.29, 0.717) is 17.6 Å². The smallest absolute Gasteiger partial charge is 0.192 e. The van der Waals surface area contributed by atoms with E-state index in [-0.39, 0.29) is 22.5 Å². The lowest BCUT2D eigenvalue weighted by Gasteiger charge is -2.45. The van der Waals surface area contributed by atoms with Crippen molar-refractivity contribution in [2.24, 2.45) is 23.2 Å². The normalized spacial score (nSPS) is 37.2. The van der Waals surface area contributed by atoms with Gasteiger partial charge in [0.15, 0.2) is 8.32 Å². The molecule has 2 nitrogen and oxygen atoms in total. The fourth-order valence-electron chi connectivity index (χ4n) is 5.31. The second-order valence-corrected chi connectivity index (χ2v) is 16.0. The zero-order valence-corrected chi connectivity index (χ0v) is 19.2. The van der Waals surface area contributed by atoms with E-state index in [9.17, 15) is 4.79 Å². The minimum absolute atomic E-state index is 0.207. The highest BCUT2D eigenvalue weighted by Crippen LogP contribution is 2.52. The average Bonchev–Trinajstić information content (AvgIpc) is 2.80. The van der Waals surface area contributed by atoms with Crippen molar-refractivity contribution < 1.29 is 9.22 Å². The molecule has 3 aliphatic rings. The van der Waals surface area contributed by atoms with Crippen LogP contribution in [0, 0.1) is 23.2 Å². The molecule has 3 rings (SSSR count). The van der Waals surface area contributed by atoms with Crippen LogP contribution in [0.5, 0.6) is 0 Å². The van der Waals surface area contributed by atoms with Gasteiger partial charge in [-0.3, -0.25) is 4.79 Å². The van der Waals surface area contributed by atoms with Gasteiger partial charge in [-0.05, 0) is 67.5 Å². The lowest BCUT2D eigenvalue weighted by Crippen LogP contribution is -2.49. The third-order valence-electron chi connectivity index (χ3n) is 8.36. The van der Waals surface area contributed by atoms with Gasteiger partial charge in [-0.1, -0.05) is 52.7 Å². The second-order valence-electron chi connectivity index (χ2n) is 11.2. The van der Waals surface area contributed by atoms with E-state index in [4.69, 9.17) is 4.43 Å². The zero-order chi connectivity index (χ0) is 19.3. The van der Waals surface area contributed by atoms with Gasteiger partial charge in [0, 0.05) is 18.4 Å². The lowest BCUT2D eigenvalue weighted by atomic mass is 9.71. The molecule has 0 aromatic heterocycles. The highest BCUT2D eigenvalue weighted by atomic mass is 28.4. The minimum atomic E-state index is -1.81. The van der Waals surface area contributed by atoms with Gasteiger partial charge in [-0.25, -0.2) is 0 Å². The number of hydrogen-bond acceptors (Lipinski definition) is 2. The average molecular weight is 377 g/mol. The minimum Gasteiger partial charge on any atom is -0.414 e. The summed E-state index contributed by atoms with van der Waals surface area (Å²) in [5, 5.41) is 0.224. The van der Waals surface area contributed by atoms with Crippen molar-refractivity contribution in [3.63, 3.8) is 0 Å². The summed E-state index contributed by atoms with van der Waals surface area (Å²) in [7, 11) is -1.81. The molecule has 3 aliphatic carbocycles. The largest absolute Gasteiger partial charge is 0.414 e. The summed E-state index contributed by atoms with van der Waals surface area (Å²) in [4.78, 5) is 13.3. The van der Waals surface area contributed by atoms with Crippen molar-refractivity contribution in [3.8, 4) is 0 Å². The Morgan fingerprint density at radius 2 is 1.85 bits per heavy atom. The Hall–Kier alpha value is -0.413. The standard InChI is InChI=1S/C23H40O2Si/c1-22(2,3)26(6,7)25-21-10-8-9-18-19(21)14-13-16-11-12-17(15-20(18)24)23(16,4)5/h13,17-19,21H,8-12,14-15H2,1-7H3/b16-13+/t17-,18-,19-,21-/m1/s1. The summed E-state index contributed by atoms with van der Waals surface area (Å²) in [6.07, 6.45) is 10.4. The van der Waals surface area contributed by atoms with Gasteiger partial charge in [0.2, 0.25) is 0 Å². The molecule has 0 radical (unpaired) electrons. The first kappa shape index (κ1) is 20.3. The monoisotopic (exact) mass is 376 g/mol. The number of carbonyl (C=O) groups is 1. The van der Waals surface area contributed by atoms with E-state index < -0.39 is 8.32 Å². The molecule has 2 saturated carbocycles. The quantitative estimate of drug-likeness (QED) is 0.405. The maximum Gasteiger partial charge on any atom is 0.192 e. The highest BCUT2D eigenvalue weighted by Gasteiger charge is 2.47. The number of hydrogen-bond donors (Lipinski definition) is 0. The number of Topliss-reactive ketones (excluding diaryl/α,β-unsaturated/α-hetero) is 1. The van der Waals surface area contributed by atoms with Gasteiger partial charge < -0.3 is 4.43 Å². The SMILES string of the molecule is CC1(C)/C2=C/C[C@H]3[C@H](O[Si](C)(C)C(C)(C)C)CCC[C@H]3C(=O)C[C@H]1CC2. The molecule has 3 heteroatoms. The van der Waals surface area contributed by atoms with Crippen molar-refractivity contribution in [1.29, 1.82) is 0 Å². The molecule has 0 aliphatic heterocycles.